The number of carbonyl (C=O) groups excluding carboxylic acids is 2. The molecule has 268 valence electrons. The van der Waals surface area contributed by atoms with Gasteiger partial charge in [0.2, 0.25) is 0 Å². The van der Waals surface area contributed by atoms with E-state index in [1.165, 1.54) is 38.5 Å². The van der Waals surface area contributed by atoms with Crippen molar-refractivity contribution >= 4 is 19.8 Å². The summed E-state index contributed by atoms with van der Waals surface area (Å²) in [7, 11) is -4.76. The summed E-state index contributed by atoms with van der Waals surface area (Å²) < 4.78 is 26.2. The maximum atomic E-state index is 12.3. The standard InChI is InChI=1S/C36H65O9P/c1-4-6-20-26-33(37)27-22-17-13-8-7-9-14-18-23-28-35(38)43-30-34(31-44-46(40,41)42)45-36(39)29-24-19-15-11-10-12-16-21-25-32(3)5-2/h6,13,17,20,22,27,32-34,37H,4-5,7-12,14-16,18-19,21,23-26,28-31H2,1-3H3,(H2,40,41,42)/b17-13+,20-6+,27-22+/t32?,33?,34-/m1/s1. The van der Waals surface area contributed by atoms with Crippen LogP contribution in [0.1, 0.15) is 149 Å². The zero-order valence-corrected chi connectivity index (χ0v) is 29.9. The number of carbonyl (C=O) groups is 2. The van der Waals surface area contributed by atoms with Gasteiger partial charge in [0.15, 0.2) is 6.10 Å². The van der Waals surface area contributed by atoms with Crippen LogP contribution in [0.5, 0.6) is 0 Å². The molecule has 0 aromatic rings. The van der Waals surface area contributed by atoms with E-state index in [2.05, 4.69) is 31.4 Å². The number of allylic oxidation sites excluding steroid dienone is 4. The van der Waals surface area contributed by atoms with E-state index in [-0.39, 0.29) is 19.4 Å². The highest BCUT2D eigenvalue weighted by atomic mass is 31.2. The molecule has 0 aliphatic carbocycles. The first-order valence-corrected chi connectivity index (χ1v) is 19.3. The Morgan fingerprint density at radius 1 is 0.739 bits per heavy atom. The van der Waals surface area contributed by atoms with Crippen molar-refractivity contribution in [2.24, 2.45) is 5.92 Å². The molecule has 3 N–H and O–H groups in total. The summed E-state index contributed by atoms with van der Waals surface area (Å²) >= 11 is 0. The van der Waals surface area contributed by atoms with Gasteiger partial charge in [0, 0.05) is 12.8 Å². The monoisotopic (exact) mass is 672 g/mol. The smallest absolute Gasteiger partial charge is 0.462 e. The van der Waals surface area contributed by atoms with Gasteiger partial charge in [-0.25, -0.2) is 4.57 Å². The molecule has 0 spiro atoms. The van der Waals surface area contributed by atoms with Crippen LogP contribution in [0.15, 0.2) is 36.5 Å². The van der Waals surface area contributed by atoms with Crippen LogP contribution in [0, 0.1) is 5.92 Å². The maximum Gasteiger partial charge on any atom is 0.469 e. The van der Waals surface area contributed by atoms with Crippen molar-refractivity contribution in [3.05, 3.63) is 36.5 Å². The minimum absolute atomic E-state index is 0.196. The summed E-state index contributed by atoms with van der Waals surface area (Å²) in [6, 6.07) is 0. The number of esters is 2. The van der Waals surface area contributed by atoms with Crippen LogP contribution in [0.25, 0.3) is 0 Å². The minimum atomic E-state index is -4.76. The van der Waals surface area contributed by atoms with Crippen LogP contribution >= 0.6 is 7.82 Å². The van der Waals surface area contributed by atoms with Gasteiger partial charge in [-0.3, -0.25) is 14.1 Å². The average molecular weight is 673 g/mol. The number of aliphatic hydroxyl groups excluding tert-OH is 1. The SMILES string of the molecule is CC/C=C/CC(O)/C=C/C=C/CCCCCCCC(=O)OC[C@H](COP(=O)(O)O)OC(=O)CCCCCCCCCCC(C)CC. The molecule has 0 aliphatic heterocycles. The molecule has 9 nitrogen and oxygen atoms in total. The number of hydrogen-bond donors (Lipinski definition) is 3. The summed E-state index contributed by atoms with van der Waals surface area (Å²) in [5.74, 6) is -0.128. The van der Waals surface area contributed by atoms with Crippen molar-refractivity contribution in [1.29, 1.82) is 0 Å². The molecule has 2 unspecified atom stereocenters. The van der Waals surface area contributed by atoms with Crippen molar-refractivity contribution in [1.82, 2.24) is 0 Å². The number of aliphatic hydroxyl groups is 1. The third-order valence-electron chi connectivity index (χ3n) is 7.79. The van der Waals surface area contributed by atoms with Gasteiger partial charge in [-0.2, -0.15) is 0 Å². The Morgan fingerprint density at radius 3 is 1.93 bits per heavy atom. The molecule has 0 amide bonds. The number of ether oxygens (including phenoxy) is 2. The van der Waals surface area contributed by atoms with E-state index in [0.29, 0.717) is 19.3 Å². The molecule has 0 saturated carbocycles. The summed E-state index contributed by atoms with van der Waals surface area (Å²) in [6.45, 7) is 5.74. The Hall–Kier alpha value is -1.77. The Morgan fingerprint density at radius 2 is 1.33 bits per heavy atom. The van der Waals surface area contributed by atoms with Gasteiger partial charge in [-0.05, 0) is 44.4 Å². The van der Waals surface area contributed by atoms with Crippen LogP contribution in [-0.2, 0) is 28.2 Å². The Labute approximate surface area is 279 Å². The van der Waals surface area contributed by atoms with Crippen molar-refractivity contribution < 1.29 is 43.0 Å². The second kappa shape index (κ2) is 30.6. The lowest BCUT2D eigenvalue weighted by atomic mass is 9.99. The second-order valence-electron chi connectivity index (χ2n) is 12.3. The quantitative estimate of drug-likeness (QED) is 0.0216. The van der Waals surface area contributed by atoms with Crippen molar-refractivity contribution in [2.45, 2.75) is 161 Å². The molecule has 0 bridgehead atoms. The first-order valence-electron chi connectivity index (χ1n) is 17.8. The third kappa shape index (κ3) is 32.2. The van der Waals surface area contributed by atoms with Crippen LogP contribution in [0.4, 0.5) is 0 Å². The first-order chi connectivity index (χ1) is 22.1. The van der Waals surface area contributed by atoms with Gasteiger partial charge in [0.05, 0.1) is 12.7 Å². The maximum absolute atomic E-state index is 12.3. The van der Waals surface area contributed by atoms with E-state index in [1.54, 1.807) is 6.08 Å². The zero-order chi connectivity index (χ0) is 34.3. The highest BCUT2D eigenvalue weighted by Gasteiger charge is 2.22. The summed E-state index contributed by atoms with van der Waals surface area (Å²) in [4.78, 5) is 42.6. The number of phosphoric acid groups is 1. The summed E-state index contributed by atoms with van der Waals surface area (Å²) in [5, 5.41) is 9.81. The lowest BCUT2D eigenvalue weighted by molar-refractivity contribution is -0.161. The van der Waals surface area contributed by atoms with E-state index >= 15 is 0 Å². The molecule has 0 fully saturated rings. The van der Waals surface area contributed by atoms with Gasteiger partial charge >= 0.3 is 19.8 Å². The molecular weight excluding hydrogens is 607 g/mol. The number of phosphoric ester groups is 1. The van der Waals surface area contributed by atoms with Crippen molar-refractivity contribution in [2.75, 3.05) is 13.2 Å². The highest BCUT2D eigenvalue weighted by molar-refractivity contribution is 7.46. The Bertz CT molecular complexity index is 881. The van der Waals surface area contributed by atoms with Gasteiger partial charge in [-0.15, -0.1) is 0 Å². The van der Waals surface area contributed by atoms with Gasteiger partial charge in [0.25, 0.3) is 0 Å². The Kier molecular flexibility index (Phi) is 29.4. The zero-order valence-electron chi connectivity index (χ0n) is 29.0. The predicted molar refractivity (Wildman–Crippen MR) is 185 cm³/mol. The van der Waals surface area contributed by atoms with Crippen molar-refractivity contribution in [3.8, 4) is 0 Å². The molecule has 0 aromatic carbocycles. The van der Waals surface area contributed by atoms with Gasteiger partial charge in [-0.1, -0.05) is 134 Å². The number of rotatable bonds is 31. The molecule has 0 radical (unpaired) electrons. The van der Waals surface area contributed by atoms with Crippen LogP contribution in [0.3, 0.4) is 0 Å². The largest absolute Gasteiger partial charge is 0.469 e. The van der Waals surface area contributed by atoms with E-state index < -0.39 is 38.6 Å². The first kappa shape index (κ1) is 44.2. The molecule has 0 rings (SSSR count). The summed E-state index contributed by atoms with van der Waals surface area (Å²) in [5.41, 5.74) is 0. The van der Waals surface area contributed by atoms with Gasteiger partial charge < -0.3 is 24.4 Å². The predicted octanol–water partition coefficient (Wildman–Crippen LogP) is 9.06. The molecule has 0 heterocycles. The normalized spacial score (nSPS) is 14.3. The van der Waals surface area contributed by atoms with E-state index in [4.69, 9.17) is 19.3 Å². The van der Waals surface area contributed by atoms with E-state index in [9.17, 15) is 19.3 Å². The lowest BCUT2D eigenvalue weighted by Gasteiger charge is -2.18. The fourth-order valence-electron chi connectivity index (χ4n) is 4.74. The third-order valence-corrected chi connectivity index (χ3v) is 8.28. The molecule has 0 aromatic heterocycles. The number of hydrogen-bond acceptors (Lipinski definition) is 7. The van der Waals surface area contributed by atoms with Crippen molar-refractivity contribution in [3.63, 3.8) is 0 Å². The fourth-order valence-corrected chi connectivity index (χ4v) is 5.10. The van der Waals surface area contributed by atoms with E-state index in [1.807, 2.05) is 24.3 Å². The molecular formula is C36H65O9P. The summed E-state index contributed by atoms with van der Waals surface area (Å²) in [6.07, 6.45) is 29.2. The molecule has 10 heteroatoms. The van der Waals surface area contributed by atoms with Crippen LogP contribution < -0.4 is 0 Å². The van der Waals surface area contributed by atoms with Gasteiger partial charge in [0.1, 0.15) is 6.61 Å². The van der Waals surface area contributed by atoms with Crippen LogP contribution in [-0.4, -0.2) is 52.3 Å². The average Bonchev–Trinajstić information content (AvgIpc) is 3.01. The molecule has 3 atom stereocenters. The topological polar surface area (TPSA) is 140 Å². The van der Waals surface area contributed by atoms with Crippen LogP contribution in [0.2, 0.25) is 0 Å². The van der Waals surface area contributed by atoms with E-state index in [0.717, 1.165) is 63.7 Å². The molecule has 0 aliphatic rings. The molecule has 0 saturated heterocycles. The highest BCUT2D eigenvalue weighted by Crippen LogP contribution is 2.36. The lowest BCUT2D eigenvalue weighted by Crippen LogP contribution is -2.29. The fraction of sp³-hybridized carbons (Fsp3) is 0.778. The second-order valence-corrected chi connectivity index (χ2v) is 13.5. The Balaban J connectivity index is 4.08. The number of unbranched alkanes of at least 4 members (excludes halogenated alkanes) is 12. The minimum Gasteiger partial charge on any atom is -0.462 e. The molecule has 46 heavy (non-hydrogen) atoms.